The molecular formula is C13H10Cl2FNOS. The zero-order chi connectivity index (χ0) is 14.0. The van der Waals surface area contributed by atoms with E-state index in [1.807, 2.05) is 0 Å². The van der Waals surface area contributed by atoms with E-state index in [9.17, 15) is 8.60 Å². The minimum Gasteiger partial charge on any atom is -0.396 e. The van der Waals surface area contributed by atoms with Crippen molar-refractivity contribution in [1.29, 1.82) is 0 Å². The first kappa shape index (κ1) is 14.3. The molecule has 0 aromatic heterocycles. The maximum absolute atomic E-state index is 13.8. The van der Waals surface area contributed by atoms with Gasteiger partial charge in [-0.25, -0.2) is 4.39 Å². The number of hydrogen-bond acceptors (Lipinski definition) is 2. The molecule has 0 fully saturated rings. The van der Waals surface area contributed by atoms with Crippen molar-refractivity contribution in [3.63, 3.8) is 0 Å². The molecule has 0 aliphatic rings. The molecule has 0 heterocycles. The van der Waals surface area contributed by atoms with Crippen molar-refractivity contribution in [2.75, 3.05) is 5.73 Å². The number of hydrogen-bond donors (Lipinski definition) is 1. The van der Waals surface area contributed by atoms with Crippen molar-refractivity contribution in [2.45, 2.75) is 10.6 Å². The molecule has 0 aliphatic heterocycles. The van der Waals surface area contributed by atoms with Crippen LogP contribution in [0.1, 0.15) is 5.56 Å². The summed E-state index contributed by atoms with van der Waals surface area (Å²) >= 11 is 11.9. The van der Waals surface area contributed by atoms with Crippen LogP contribution in [0.2, 0.25) is 10.0 Å². The highest BCUT2D eigenvalue weighted by molar-refractivity contribution is 7.84. The van der Waals surface area contributed by atoms with Gasteiger partial charge in [-0.1, -0.05) is 41.4 Å². The lowest BCUT2D eigenvalue weighted by molar-refractivity contribution is 0.620. The molecule has 0 saturated carbocycles. The van der Waals surface area contributed by atoms with E-state index in [1.165, 1.54) is 12.1 Å². The molecule has 2 aromatic rings. The van der Waals surface area contributed by atoms with E-state index in [4.69, 9.17) is 28.9 Å². The Morgan fingerprint density at radius 2 is 1.68 bits per heavy atom. The van der Waals surface area contributed by atoms with Gasteiger partial charge in [0.15, 0.2) is 0 Å². The van der Waals surface area contributed by atoms with Crippen molar-refractivity contribution in [1.82, 2.24) is 0 Å². The van der Waals surface area contributed by atoms with Crippen molar-refractivity contribution >= 4 is 39.7 Å². The fraction of sp³-hybridized carbons (Fsp3) is 0.0769. The van der Waals surface area contributed by atoms with Gasteiger partial charge >= 0.3 is 0 Å². The average Bonchev–Trinajstić information content (AvgIpc) is 2.35. The highest BCUT2D eigenvalue weighted by Crippen LogP contribution is 2.29. The molecule has 2 aromatic carbocycles. The molecule has 2 nitrogen and oxygen atoms in total. The number of benzene rings is 2. The van der Waals surface area contributed by atoms with E-state index in [1.54, 1.807) is 24.3 Å². The molecule has 6 heteroatoms. The van der Waals surface area contributed by atoms with Crippen molar-refractivity contribution in [2.24, 2.45) is 0 Å². The van der Waals surface area contributed by atoms with Gasteiger partial charge in [0.05, 0.1) is 37.2 Å². The summed E-state index contributed by atoms with van der Waals surface area (Å²) in [6.45, 7) is 0. The Morgan fingerprint density at radius 3 is 2.32 bits per heavy atom. The second-order valence-corrected chi connectivity index (χ2v) is 6.06. The molecule has 2 N–H and O–H groups in total. The minimum atomic E-state index is -1.54. The lowest BCUT2D eigenvalue weighted by Gasteiger charge is -2.08. The van der Waals surface area contributed by atoms with E-state index in [2.05, 4.69) is 0 Å². The maximum Gasteiger partial charge on any atom is 0.150 e. The van der Waals surface area contributed by atoms with Gasteiger partial charge in [0.2, 0.25) is 0 Å². The predicted molar refractivity (Wildman–Crippen MR) is 77.4 cm³/mol. The van der Waals surface area contributed by atoms with Gasteiger partial charge in [-0.05, 0) is 18.2 Å². The second-order valence-electron chi connectivity index (χ2n) is 3.86. The van der Waals surface area contributed by atoms with Crippen LogP contribution in [0.5, 0.6) is 0 Å². The quantitative estimate of drug-likeness (QED) is 0.869. The molecule has 0 spiro atoms. The Labute approximate surface area is 122 Å². The van der Waals surface area contributed by atoms with Crippen LogP contribution in [0.25, 0.3) is 0 Å². The normalized spacial score (nSPS) is 12.4. The summed E-state index contributed by atoms with van der Waals surface area (Å²) in [5.41, 5.74) is 5.77. The van der Waals surface area contributed by atoms with E-state index < -0.39 is 16.6 Å². The second kappa shape index (κ2) is 5.90. The van der Waals surface area contributed by atoms with E-state index in [0.29, 0.717) is 14.9 Å². The highest BCUT2D eigenvalue weighted by atomic mass is 35.5. The summed E-state index contributed by atoms with van der Waals surface area (Å²) in [6, 6.07) is 9.44. The van der Waals surface area contributed by atoms with Crippen LogP contribution < -0.4 is 5.73 Å². The first-order chi connectivity index (χ1) is 9.00. The fourth-order valence-electron chi connectivity index (χ4n) is 1.62. The molecule has 0 bridgehead atoms. The molecule has 0 saturated heterocycles. The third-order valence-electron chi connectivity index (χ3n) is 2.54. The summed E-state index contributed by atoms with van der Waals surface area (Å²) in [5.74, 6) is -0.584. The minimum absolute atomic E-state index is 0.0275. The van der Waals surface area contributed by atoms with Crippen LogP contribution in [0.15, 0.2) is 41.3 Å². The first-order valence-corrected chi connectivity index (χ1v) is 7.43. The first-order valence-electron chi connectivity index (χ1n) is 5.36. The van der Waals surface area contributed by atoms with Gasteiger partial charge in [-0.3, -0.25) is 4.21 Å². The molecule has 19 heavy (non-hydrogen) atoms. The van der Waals surface area contributed by atoms with Crippen molar-refractivity contribution < 1.29 is 8.60 Å². The van der Waals surface area contributed by atoms with E-state index >= 15 is 0 Å². The molecule has 100 valence electrons. The molecule has 1 unspecified atom stereocenters. The zero-order valence-corrected chi connectivity index (χ0v) is 12.0. The SMILES string of the molecule is Nc1cccc(CS(=O)c2c(Cl)cccc2Cl)c1F. The number of anilines is 1. The molecule has 1 atom stereocenters. The monoisotopic (exact) mass is 317 g/mol. The van der Waals surface area contributed by atoms with Gasteiger partial charge in [0, 0.05) is 5.56 Å². The van der Waals surface area contributed by atoms with Crippen LogP contribution >= 0.6 is 23.2 Å². The highest BCUT2D eigenvalue weighted by Gasteiger charge is 2.16. The Morgan fingerprint density at radius 1 is 1.11 bits per heavy atom. The third-order valence-corrected chi connectivity index (χ3v) is 4.86. The smallest absolute Gasteiger partial charge is 0.150 e. The Balaban J connectivity index is 2.34. The molecular weight excluding hydrogens is 308 g/mol. The van der Waals surface area contributed by atoms with Crippen molar-refractivity contribution in [3.05, 3.63) is 57.8 Å². The zero-order valence-electron chi connectivity index (χ0n) is 9.70. The fourth-order valence-corrected chi connectivity index (χ4v) is 3.76. The average molecular weight is 318 g/mol. The summed E-state index contributed by atoms with van der Waals surface area (Å²) < 4.78 is 26.0. The standard InChI is InChI=1S/C13H10Cl2FNOS/c14-9-4-2-5-10(15)13(9)19(18)7-8-3-1-6-11(17)12(8)16/h1-6H,7,17H2. The molecule has 0 amide bonds. The summed E-state index contributed by atoms with van der Waals surface area (Å²) in [6.07, 6.45) is 0. The lowest BCUT2D eigenvalue weighted by atomic mass is 10.2. The summed E-state index contributed by atoms with van der Waals surface area (Å²) in [4.78, 5) is 0.313. The Kier molecular flexibility index (Phi) is 4.45. The van der Waals surface area contributed by atoms with Gasteiger partial charge in [-0.15, -0.1) is 0 Å². The molecule has 2 rings (SSSR count). The molecule has 0 aliphatic carbocycles. The Hall–Kier alpha value is -1.10. The van der Waals surface area contributed by atoms with Crippen LogP contribution in [-0.2, 0) is 16.6 Å². The Bertz CT molecular complexity index is 628. The third kappa shape index (κ3) is 3.08. The van der Waals surface area contributed by atoms with Gasteiger partial charge in [-0.2, -0.15) is 0 Å². The summed E-state index contributed by atoms with van der Waals surface area (Å²) in [7, 11) is -1.54. The predicted octanol–water partition coefficient (Wildman–Crippen LogP) is 4.02. The van der Waals surface area contributed by atoms with Crippen LogP contribution in [0.4, 0.5) is 10.1 Å². The lowest BCUT2D eigenvalue weighted by Crippen LogP contribution is -2.02. The largest absolute Gasteiger partial charge is 0.396 e. The van der Waals surface area contributed by atoms with Gasteiger partial charge < -0.3 is 5.73 Å². The van der Waals surface area contributed by atoms with Gasteiger partial charge in [0.1, 0.15) is 5.82 Å². The van der Waals surface area contributed by atoms with Crippen LogP contribution in [0.3, 0.4) is 0 Å². The number of rotatable bonds is 3. The van der Waals surface area contributed by atoms with Gasteiger partial charge in [0.25, 0.3) is 0 Å². The number of nitrogens with two attached hydrogens (primary N) is 1. The summed E-state index contributed by atoms with van der Waals surface area (Å²) in [5, 5.41) is 0.602. The number of halogens is 3. The van der Waals surface area contributed by atoms with E-state index in [-0.39, 0.29) is 17.0 Å². The van der Waals surface area contributed by atoms with E-state index in [0.717, 1.165) is 0 Å². The maximum atomic E-state index is 13.8. The topological polar surface area (TPSA) is 43.1 Å². The van der Waals surface area contributed by atoms with Crippen molar-refractivity contribution in [3.8, 4) is 0 Å². The van der Waals surface area contributed by atoms with Crippen LogP contribution in [0, 0.1) is 5.82 Å². The number of nitrogen functional groups attached to an aromatic ring is 1. The van der Waals surface area contributed by atoms with Crippen LogP contribution in [-0.4, -0.2) is 4.21 Å². The molecule has 0 radical (unpaired) electrons.